The van der Waals surface area contributed by atoms with Crippen molar-refractivity contribution < 1.29 is 4.74 Å². The number of benzene rings is 1. The SMILES string of the molecule is CC(N)C(c1ccccc1)N(C)CC1CCCO1. The van der Waals surface area contributed by atoms with Crippen LogP contribution >= 0.6 is 0 Å². The molecule has 1 aliphatic heterocycles. The average molecular weight is 248 g/mol. The third kappa shape index (κ3) is 3.31. The van der Waals surface area contributed by atoms with Gasteiger partial charge in [0.2, 0.25) is 0 Å². The van der Waals surface area contributed by atoms with E-state index in [1.807, 2.05) is 6.07 Å². The second-order valence-electron chi connectivity index (χ2n) is 5.29. The van der Waals surface area contributed by atoms with Gasteiger partial charge in [0.15, 0.2) is 0 Å². The van der Waals surface area contributed by atoms with Crippen molar-refractivity contribution in [3.8, 4) is 0 Å². The first-order valence-corrected chi connectivity index (χ1v) is 6.81. The Hall–Kier alpha value is -0.900. The average Bonchev–Trinajstić information content (AvgIpc) is 2.83. The van der Waals surface area contributed by atoms with Crippen LogP contribution in [0.25, 0.3) is 0 Å². The van der Waals surface area contributed by atoms with Crippen LogP contribution in [0.4, 0.5) is 0 Å². The highest BCUT2D eigenvalue weighted by Crippen LogP contribution is 2.24. The third-order valence-corrected chi connectivity index (χ3v) is 3.63. The minimum absolute atomic E-state index is 0.110. The van der Waals surface area contributed by atoms with Crippen molar-refractivity contribution in [3.05, 3.63) is 35.9 Å². The number of ether oxygens (including phenoxy) is 1. The Morgan fingerprint density at radius 1 is 1.39 bits per heavy atom. The second kappa shape index (κ2) is 6.32. The highest BCUT2D eigenvalue weighted by atomic mass is 16.5. The first kappa shape index (κ1) is 13.5. The maximum atomic E-state index is 6.16. The smallest absolute Gasteiger partial charge is 0.0702 e. The molecule has 1 aromatic carbocycles. The molecule has 1 saturated heterocycles. The van der Waals surface area contributed by atoms with E-state index in [1.54, 1.807) is 0 Å². The van der Waals surface area contributed by atoms with Gasteiger partial charge in [0.05, 0.1) is 6.10 Å². The van der Waals surface area contributed by atoms with E-state index in [-0.39, 0.29) is 12.1 Å². The summed E-state index contributed by atoms with van der Waals surface area (Å²) in [5.74, 6) is 0. The van der Waals surface area contributed by atoms with Crippen molar-refractivity contribution in [2.75, 3.05) is 20.2 Å². The monoisotopic (exact) mass is 248 g/mol. The number of hydrogen-bond donors (Lipinski definition) is 1. The van der Waals surface area contributed by atoms with Crippen LogP contribution in [0.1, 0.15) is 31.4 Å². The zero-order chi connectivity index (χ0) is 13.0. The molecule has 0 spiro atoms. The van der Waals surface area contributed by atoms with Gasteiger partial charge in [-0.25, -0.2) is 0 Å². The molecule has 0 bridgehead atoms. The fraction of sp³-hybridized carbons (Fsp3) is 0.600. The number of hydrogen-bond acceptors (Lipinski definition) is 3. The highest BCUT2D eigenvalue weighted by molar-refractivity contribution is 5.20. The van der Waals surface area contributed by atoms with Crippen LogP contribution in [0, 0.1) is 0 Å². The number of rotatable bonds is 5. The Balaban J connectivity index is 2.05. The highest BCUT2D eigenvalue weighted by Gasteiger charge is 2.25. The molecule has 100 valence electrons. The first-order valence-electron chi connectivity index (χ1n) is 6.81. The predicted octanol–water partition coefficient (Wildman–Crippen LogP) is 2.19. The van der Waals surface area contributed by atoms with Gasteiger partial charge in [-0.3, -0.25) is 4.90 Å². The first-order chi connectivity index (χ1) is 8.68. The Morgan fingerprint density at radius 2 is 2.11 bits per heavy atom. The Kier molecular flexibility index (Phi) is 4.75. The lowest BCUT2D eigenvalue weighted by Gasteiger charge is -2.33. The largest absolute Gasteiger partial charge is 0.377 e. The van der Waals surface area contributed by atoms with E-state index in [4.69, 9.17) is 10.5 Å². The normalized spacial score (nSPS) is 23.2. The molecule has 3 heteroatoms. The van der Waals surface area contributed by atoms with Gasteiger partial charge in [-0.1, -0.05) is 30.3 Å². The summed E-state index contributed by atoms with van der Waals surface area (Å²) >= 11 is 0. The van der Waals surface area contributed by atoms with Crippen LogP contribution in [-0.4, -0.2) is 37.2 Å². The summed E-state index contributed by atoms with van der Waals surface area (Å²) in [6, 6.07) is 10.9. The summed E-state index contributed by atoms with van der Waals surface area (Å²) in [5, 5.41) is 0. The summed E-state index contributed by atoms with van der Waals surface area (Å²) < 4.78 is 5.71. The van der Waals surface area contributed by atoms with Crippen molar-refractivity contribution in [2.24, 2.45) is 5.73 Å². The molecule has 2 N–H and O–H groups in total. The van der Waals surface area contributed by atoms with Crippen LogP contribution in [0.5, 0.6) is 0 Å². The molecular weight excluding hydrogens is 224 g/mol. The molecule has 0 saturated carbocycles. The fourth-order valence-electron chi connectivity index (χ4n) is 2.83. The molecule has 3 nitrogen and oxygen atoms in total. The molecule has 1 heterocycles. The van der Waals surface area contributed by atoms with Gasteiger partial charge in [0.25, 0.3) is 0 Å². The standard InChI is InChI=1S/C15H24N2O/c1-12(16)15(13-7-4-3-5-8-13)17(2)11-14-9-6-10-18-14/h3-5,7-8,12,14-15H,6,9-11,16H2,1-2H3. The van der Waals surface area contributed by atoms with E-state index < -0.39 is 0 Å². The van der Waals surface area contributed by atoms with Gasteiger partial charge in [0, 0.05) is 25.2 Å². The second-order valence-corrected chi connectivity index (χ2v) is 5.29. The number of likely N-dealkylation sites (N-methyl/N-ethyl adjacent to an activating group) is 1. The van der Waals surface area contributed by atoms with E-state index in [2.05, 4.69) is 43.1 Å². The van der Waals surface area contributed by atoms with E-state index >= 15 is 0 Å². The zero-order valence-corrected chi connectivity index (χ0v) is 11.4. The predicted molar refractivity (Wildman–Crippen MR) is 74.4 cm³/mol. The lowest BCUT2D eigenvalue weighted by Crippen LogP contribution is -2.40. The lowest BCUT2D eigenvalue weighted by atomic mass is 9.99. The van der Waals surface area contributed by atoms with Crippen LogP contribution in [-0.2, 0) is 4.74 Å². The van der Waals surface area contributed by atoms with Crippen LogP contribution in [0.3, 0.4) is 0 Å². The Labute approximate surface area is 110 Å². The van der Waals surface area contributed by atoms with Crippen molar-refractivity contribution in [1.82, 2.24) is 4.90 Å². The summed E-state index contributed by atoms with van der Waals surface area (Å²) in [6.45, 7) is 3.94. The minimum Gasteiger partial charge on any atom is -0.377 e. The van der Waals surface area contributed by atoms with Gasteiger partial charge >= 0.3 is 0 Å². The molecule has 0 radical (unpaired) electrons. The Morgan fingerprint density at radius 3 is 2.67 bits per heavy atom. The molecule has 1 aliphatic rings. The molecule has 0 amide bonds. The summed E-state index contributed by atoms with van der Waals surface area (Å²) in [7, 11) is 2.14. The van der Waals surface area contributed by atoms with Gasteiger partial charge < -0.3 is 10.5 Å². The van der Waals surface area contributed by atoms with Crippen molar-refractivity contribution >= 4 is 0 Å². The number of nitrogens with zero attached hydrogens (tertiary/aromatic N) is 1. The van der Waals surface area contributed by atoms with Crippen molar-refractivity contribution in [1.29, 1.82) is 0 Å². The lowest BCUT2D eigenvalue weighted by molar-refractivity contribution is 0.0642. The topological polar surface area (TPSA) is 38.5 Å². The van der Waals surface area contributed by atoms with E-state index in [9.17, 15) is 0 Å². The molecule has 2 rings (SSSR count). The molecule has 18 heavy (non-hydrogen) atoms. The zero-order valence-electron chi connectivity index (χ0n) is 11.4. The molecule has 1 fully saturated rings. The van der Waals surface area contributed by atoms with Gasteiger partial charge in [-0.2, -0.15) is 0 Å². The van der Waals surface area contributed by atoms with Crippen LogP contribution < -0.4 is 5.73 Å². The molecule has 1 aromatic rings. The molecule has 3 unspecified atom stereocenters. The molecule has 0 aromatic heterocycles. The summed E-state index contributed by atoms with van der Waals surface area (Å²) in [4.78, 5) is 2.33. The van der Waals surface area contributed by atoms with E-state index in [0.717, 1.165) is 13.2 Å². The summed E-state index contributed by atoms with van der Waals surface area (Å²) in [6.07, 6.45) is 2.73. The summed E-state index contributed by atoms with van der Waals surface area (Å²) in [5.41, 5.74) is 7.45. The Bertz CT molecular complexity index is 347. The van der Waals surface area contributed by atoms with E-state index in [0.29, 0.717) is 6.10 Å². The maximum Gasteiger partial charge on any atom is 0.0702 e. The molecule has 3 atom stereocenters. The fourth-order valence-corrected chi connectivity index (χ4v) is 2.83. The third-order valence-electron chi connectivity index (χ3n) is 3.63. The van der Waals surface area contributed by atoms with E-state index in [1.165, 1.54) is 18.4 Å². The maximum absolute atomic E-state index is 6.16. The van der Waals surface area contributed by atoms with Crippen LogP contribution in [0.15, 0.2) is 30.3 Å². The minimum atomic E-state index is 0.110. The van der Waals surface area contributed by atoms with Crippen molar-refractivity contribution in [3.63, 3.8) is 0 Å². The molecule has 0 aliphatic carbocycles. The van der Waals surface area contributed by atoms with Gasteiger partial charge in [0.1, 0.15) is 0 Å². The molecular formula is C15H24N2O. The van der Waals surface area contributed by atoms with Gasteiger partial charge in [-0.05, 0) is 32.4 Å². The number of nitrogens with two attached hydrogens (primary N) is 1. The van der Waals surface area contributed by atoms with Crippen LogP contribution in [0.2, 0.25) is 0 Å². The van der Waals surface area contributed by atoms with Crippen molar-refractivity contribution in [2.45, 2.75) is 38.0 Å². The van der Waals surface area contributed by atoms with Gasteiger partial charge in [-0.15, -0.1) is 0 Å². The quantitative estimate of drug-likeness (QED) is 0.868.